The lowest BCUT2D eigenvalue weighted by molar-refractivity contribution is -0.137. The topological polar surface area (TPSA) is 49.8 Å². The van der Waals surface area contributed by atoms with Gasteiger partial charge in [0, 0.05) is 28.5 Å². The molecule has 0 aliphatic heterocycles. The Morgan fingerprint density at radius 2 is 1.85 bits per heavy atom. The van der Waals surface area contributed by atoms with Gasteiger partial charge in [-0.3, -0.25) is 9.71 Å². The van der Waals surface area contributed by atoms with Gasteiger partial charge in [-0.15, -0.1) is 0 Å². The monoisotopic (exact) mass is 376 g/mol. The van der Waals surface area contributed by atoms with Gasteiger partial charge in [-0.05, 0) is 61.5 Å². The second kappa shape index (κ2) is 7.76. The van der Waals surface area contributed by atoms with Crippen LogP contribution in [0.3, 0.4) is 0 Å². The summed E-state index contributed by atoms with van der Waals surface area (Å²) >= 11 is 1.46. The van der Waals surface area contributed by atoms with Crippen molar-refractivity contribution in [2.45, 2.75) is 11.1 Å². The van der Waals surface area contributed by atoms with Crippen LogP contribution in [-0.2, 0) is 6.18 Å². The van der Waals surface area contributed by atoms with Gasteiger partial charge in [-0.25, -0.2) is 4.98 Å². The largest absolute Gasteiger partial charge is 0.417 e. The minimum Gasteiger partial charge on any atom is -0.340 e. The summed E-state index contributed by atoms with van der Waals surface area (Å²) in [5.41, 5.74) is 1.50. The molecule has 2 heterocycles. The second-order valence-electron chi connectivity index (χ2n) is 5.28. The van der Waals surface area contributed by atoms with Gasteiger partial charge in [0.05, 0.1) is 11.3 Å². The first kappa shape index (κ1) is 18.2. The predicted molar refractivity (Wildman–Crippen MR) is 97.1 cm³/mol. The molecule has 8 heteroatoms. The number of nitrogens with zero attached hydrogens (tertiary/aromatic N) is 2. The molecular weight excluding hydrogens is 361 g/mol. The molecule has 0 fully saturated rings. The van der Waals surface area contributed by atoms with E-state index in [4.69, 9.17) is 0 Å². The third kappa shape index (κ3) is 4.33. The average Bonchev–Trinajstić information content (AvgIpc) is 2.64. The van der Waals surface area contributed by atoms with Crippen LogP contribution in [0.2, 0.25) is 0 Å². The Labute approximate surface area is 153 Å². The van der Waals surface area contributed by atoms with Crippen LogP contribution in [0, 0.1) is 0 Å². The summed E-state index contributed by atoms with van der Waals surface area (Å²) in [6, 6.07) is 13.6. The molecule has 0 saturated heterocycles. The Bertz CT molecular complexity index is 868. The summed E-state index contributed by atoms with van der Waals surface area (Å²) in [5, 5.41) is 3.07. The van der Waals surface area contributed by atoms with Gasteiger partial charge in [-0.2, -0.15) is 13.2 Å². The van der Waals surface area contributed by atoms with Crippen LogP contribution in [0.5, 0.6) is 0 Å². The number of benzene rings is 1. The summed E-state index contributed by atoms with van der Waals surface area (Å²) in [6.07, 6.45) is -1.90. The summed E-state index contributed by atoms with van der Waals surface area (Å²) in [7, 11) is 1.82. The van der Waals surface area contributed by atoms with Gasteiger partial charge in [0.15, 0.2) is 0 Å². The lowest BCUT2D eigenvalue weighted by atomic mass is 10.1. The lowest BCUT2D eigenvalue weighted by Crippen LogP contribution is -2.06. The molecule has 3 aromatic rings. The summed E-state index contributed by atoms with van der Waals surface area (Å²) in [4.78, 5) is 9.21. The van der Waals surface area contributed by atoms with Crippen LogP contribution in [-0.4, -0.2) is 17.0 Å². The standard InChI is InChI=1S/C18H15F3N4S/c1-22-26-13-6-7-16(14(10-13)15-4-2-3-9-23-15)25-17-8-5-12(11-24-17)18(19,20)21/h2-11,22H,1H3,(H,24,25). The minimum absolute atomic E-state index is 0.323. The summed E-state index contributed by atoms with van der Waals surface area (Å²) in [6.45, 7) is 0. The van der Waals surface area contributed by atoms with Crippen molar-refractivity contribution in [1.29, 1.82) is 0 Å². The maximum Gasteiger partial charge on any atom is 0.417 e. The molecule has 0 atom stereocenters. The van der Waals surface area contributed by atoms with Crippen LogP contribution in [0.15, 0.2) is 65.8 Å². The molecule has 2 aromatic heterocycles. The lowest BCUT2D eigenvalue weighted by Gasteiger charge is -2.13. The van der Waals surface area contributed by atoms with E-state index in [1.165, 1.54) is 18.0 Å². The van der Waals surface area contributed by atoms with E-state index in [0.29, 0.717) is 11.5 Å². The minimum atomic E-state index is -4.41. The molecule has 4 nitrogen and oxygen atoms in total. The van der Waals surface area contributed by atoms with E-state index >= 15 is 0 Å². The molecule has 0 radical (unpaired) electrons. The maximum absolute atomic E-state index is 12.7. The van der Waals surface area contributed by atoms with E-state index in [9.17, 15) is 13.2 Å². The van der Waals surface area contributed by atoms with Crippen molar-refractivity contribution in [3.05, 3.63) is 66.5 Å². The molecule has 26 heavy (non-hydrogen) atoms. The molecule has 0 aliphatic rings. The first-order valence-corrected chi connectivity index (χ1v) is 8.48. The summed E-state index contributed by atoms with van der Waals surface area (Å²) < 4.78 is 41.0. The van der Waals surface area contributed by atoms with E-state index in [1.54, 1.807) is 6.20 Å². The SMILES string of the molecule is CNSc1ccc(Nc2ccc(C(F)(F)F)cn2)c(-c2ccccn2)c1. The predicted octanol–water partition coefficient (Wildman–Crippen LogP) is 5.13. The van der Waals surface area contributed by atoms with Crippen molar-refractivity contribution in [3.8, 4) is 11.3 Å². The zero-order chi connectivity index (χ0) is 18.6. The van der Waals surface area contributed by atoms with E-state index < -0.39 is 11.7 Å². The Balaban J connectivity index is 1.94. The first-order chi connectivity index (χ1) is 12.5. The molecule has 0 saturated carbocycles. The number of pyridine rings is 2. The van der Waals surface area contributed by atoms with Crippen LogP contribution < -0.4 is 10.0 Å². The Kier molecular flexibility index (Phi) is 5.43. The van der Waals surface area contributed by atoms with Crippen LogP contribution in [0.25, 0.3) is 11.3 Å². The van der Waals surface area contributed by atoms with Crippen molar-refractivity contribution in [3.63, 3.8) is 0 Å². The van der Waals surface area contributed by atoms with Gasteiger partial charge in [-0.1, -0.05) is 6.07 Å². The molecule has 134 valence electrons. The van der Waals surface area contributed by atoms with Crippen LogP contribution >= 0.6 is 11.9 Å². The molecule has 0 spiro atoms. The normalized spacial score (nSPS) is 11.4. The van der Waals surface area contributed by atoms with E-state index in [1.807, 2.05) is 43.4 Å². The Morgan fingerprint density at radius 1 is 1.00 bits per heavy atom. The number of hydrogen-bond acceptors (Lipinski definition) is 5. The second-order valence-corrected chi connectivity index (χ2v) is 6.37. The van der Waals surface area contributed by atoms with E-state index in [2.05, 4.69) is 20.0 Å². The third-order valence-corrected chi connectivity index (χ3v) is 4.20. The van der Waals surface area contributed by atoms with Crippen molar-refractivity contribution < 1.29 is 13.2 Å². The highest BCUT2D eigenvalue weighted by Gasteiger charge is 2.30. The number of halogens is 3. The number of anilines is 2. The van der Waals surface area contributed by atoms with Gasteiger partial charge >= 0.3 is 6.18 Å². The number of rotatable bonds is 5. The smallest absolute Gasteiger partial charge is 0.340 e. The molecule has 0 bridgehead atoms. The van der Waals surface area contributed by atoms with Crippen molar-refractivity contribution >= 4 is 23.5 Å². The van der Waals surface area contributed by atoms with Crippen molar-refractivity contribution in [1.82, 2.24) is 14.7 Å². The molecule has 3 rings (SSSR count). The highest BCUT2D eigenvalue weighted by molar-refractivity contribution is 7.97. The fraction of sp³-hybridized carbons (Fsp3) is 0.111. The quantitative estimate of drug-likeness (QED) is 0.605. The number of hydrogen-bond donors (Lipinski definition) is 2. The fourth-order valence-corrected chi connectivity index (χ4v) is 2.87. The Hall–Kier alpha value is -2.58. The zero-order valence-electron chi connectivity index (χ0n) is 13.7. The van der Waals surface area contributed by atoms with Crippen LogP contribution in [0.4, 0.5) is 24.7 Å². The maximum atomic E-state index is 12.7. The number of alkyl halides is 3. The number of aromatic nitrogens is 2. The summed E-state index contributed by atoms with van der Waals surface area (Å²) in [5.74, 6) is 0.323. The Morgan fingerprint density at radius 3 is 2.46 bits per heavy atom. The van der Waals surface area contributed by atoms with Gasteiger partial charge in [0.25, 0.3) is 0 Å². The molecule has 1 aromatic carbocycles. The van der Waals surface area contributed by atoms with Gasteiger partial charge in [0.1, 0.15) is 5.82 Å². The van der Waals surface area contributed by atoms with Gasteiger partial charge in [0.2, 0.25) is 0 Å². The van der Waals surface area contributed by atoms with Gasteiger partial charge < -0.3 is 5.32 Å². The highest BCUT2D eigenvalue weighted by atomic mass is 32.2. The molecule has 2 N–H and O–H groups in total. The number of nitrogens with one attached hydrogen (secondary N) is 2. The van der Waals surface area contributed by atoms with E-state index in [0.717, 1.165) is 28.4 Å². The third-order valence-electron chi connectivity index (χ3n) is 3.51. The molecule has 0 aliphatic carbocycles. The fourth-order valence-electron chi connectivity index (χ4n) is 2.32. The van der Waals surface area contributed by atoms with Crippen molar-refractivity contribution in [2.24, 2.45) is 0 Å². The molecule has 0 unspecified atom stereocenters. The van der Waals surface area contributed by atoms with E-state index in [-0.39, 0.29) is 0 Å². The van der Waals surface area contributed by atoms with Crippen molar-refractivity contribution in [2.75, 3.05) is 12.4 Å². The van der Waals surface area contributed by atoms with Crippen LogP contribution in [0.1, 0.15) is 5.56 Å². The first-order valence-electron chi connectivity index (χ1n) is 7.66. The average molecular weight is 376 g/mol. The highest BCUT2D eigenvalue weighted by Crippen LogP contribution is 2.33. The molecule has 0 amide bonds. The molecular formula is C18H15F3N4S. The zero-order valence-corrected chi connectivity index (χ0v) is 14.5.